The summed E-state index contributed by atoms with van der Waals surface area (Å²) in [4.78, 5) is 24.6. The van der Waals surface area contributed by atoms with Crippen LogP contribution in [0.2, 0.25) is 5.02 Å². The Morgan fingerprint density at radius 2 is 1.95 bits per heavy atom. The summed E-state index contributed by atoms with van der Waals surface area (Å²) >= 11 is 6.13. The van der Waals surface area contributed by atoms with E-state index in [9.17, 15) is 17.6 Å². The van der Waals surface area contributed by atoms with Crippen molar-refractivity contribution in [2.45, 2.75) is 24.8 Å². The van der Waals surface area contributed by atoms with Gasteiger partial charge in [0.25, 0.3) is 5.91 Å². The molecule has 0 atom stereocenters. The van der Waals surface area contributed by atoms with Gasteiger partial charge in [0.1, 0.15) is 5.82 Å². The average Bonchev–Trinajstić information content (AvgIpc) is 3.20. The lowest BCUT2D eigenvalue weighted by Crippen LogP contribution is -2.23. The first kappa shape index (κ1) is 24.9. The van der Waals surface area contributed by atoms with Crippen LogP contribution in [0, 0.1) is 12.7 Å². The van der Waals surface area contributed by atoms with Crippen LogP contribution in [0.3, 0.4) is 0 Å². The summed E-state index contributed by atoms with van der Waals surface area (Å²) in [6, 6.07) is 13.3. The predicted molar refractivity (Wildman–Crippen MR) is 141 cm³/mol. The molecule has 5 rings (SSSR count). The molecule has 10 heteroatoms. The first-order chi connectivity index (χ1) is 17.6. The van der Waals surface area contributed by atoms with Gasteiger partial charge in [-0.15, -0.1) is 0 Å². The minimum Gasteiger partial charge on any atom is -0.360 e. The van der Waals surface area contributed by atoms with Crippen molar-refractivity contribution in [3.63, 3.8) is 0 Å². The molecule has 3 aromatic heterocycles. The maximum absolute atomic E-state index is 14.5. The lowest BCUT2D eigenvalue weighted by Gasteiger charge is -2.10. The van der Waals surface area contributed by atoms with Crippen LogP contribution in [0.4, 0.5) is 4.39 Å². The number of benzene rings is 2. The normalized spacial score (nSPS) is 11.8. The van der Waals surface area contributed by atoms with E-state index in [4.69, 9.17) is 11.6 Å². The summed E-state index contributed by atoms with van der Waals surface area (Å²) in [5.41, 5.74) is 3.70. The molecule has 0 aliphatic rings. The van der Waals surface area contributed by atoms with E-state index in [1.807, 2.05) is 25.1 Å². The molecule has 0 saturated heterocycles. The number of amides is 1. The van der Waals surface area contributed by atoms with Crippen molar-refractivity contribution >= 4 is 49.2 Å². The molecule has 7 nitrogen and oxygen atoms in total. The number of aromatic nitrogens is 3. The third-order valence-corrected chi connectivity index (χ3v) is 7.48. The maximum atomic E-state index is 14.5. The van der Waals surface area contributed by atoms with E-state index in [-0.39, 0.29) is 11.4 Å². The SMILES string of the molecule is Cc1ccc2cc(Cc3cc(C(=O)NCc4cc5c(Cl)c[nH]c5cc4F)ccn3)cc(S(C)(=O)=O)c2n1. The molecule has 5 aromatic rings. The number of rotatable bonds is 6. The van der Waals surface area contributed by atoms with Crippen LogP contribution in [0.1, 0.15) is 32.9 Å². The van der Waals surface area contributed by atoms with Crippen molar-refractivity contribution in [2.75, 3.05) is 6.26 Å². The molecule has 2 aromatic carbocycles. The Kier molecular flexibility index (Phi) is 6.43. The number of carbonyl (C=O) groups is 1. The minimum atomic E-state index is -3.52. The summed E-state index contributed by atoms with van der Waals surface area (Å²) in [5, 5.41) is 4.59. The van der Waals surface area contributed by atoms with Crippen molar-refractivity contribution < 1.29 is 17.6 Å². The largest absolute Gasteiger partial charge is 0.360 e. The Hall–Kier alpha value is -3.82. The molecule has 0 radical (unpaired) electrons. The second kappa shape index (κ2) is 9.57. The highest BCUT2D eigenvalue weighted by Gasteiger charge is 2.16. The quantitative estimate of drug-likeness (QED) is 0.313. The predicted octanol–water partition coefficient (Wildman–Crippen LogP) is 5.14. The third kappa shape index (κ3) is 5.19. The molecule has 0 fully saturated rings. The Balaban J connectivity index is 1.37. The van der Waals surface area contributed by atoms with E-state index < -0.39 is 21.6 Å². The topological polar surface area (TPSA) is 105 Å². The lowest BCUT2D eigenvalue weighted by atomic mass is 10.0. The highest BCUT2D eigenvalue weighted by atomic mass is 35.5. The van der Waals surface area contributed by atoms with Gasteiger partial charge in [0.15, 0.2) is 9.84 Å². The Morgan fingerprint density at radius 1 is 1.14 bits per heavy atom. The van der Waals surface area contributed by atoms with Crippen molar-refractivity contribution in [1.82, 2.24) is 20.3 Å². The van der Waals surface area contributed by atoms with Crippen LogP contribution < -0.4 is 5.32 Å². The minimum absolute atomic E-state index is 0.0193. The molecular formula is C27H22ClFN4O3S. The smallest absolute Gasteiger partial charge is 0.251 e. The molecule has 0 unspecified atom stereocenters. The molecular weight excluding hydrogens is 515 g/mol. The summed E-state index contributed by atoms with van der Waals surface area (Å²) in [6.07, 6.45) is 4.56. The number of fused-ring (bicyclic) bond motifs is 2. The van der Waals surface area contributed by atoms with Crippen molar-refractivity contribution in [1.29, 1.82) is 0 Å². The van der Waals surface area contributed by atoms with E-state index in [1.54, 1.807) is 30.5 Å². The Bertz CT molecular complexity index is 1800. The molecule has 0 saturated carbocycles. The number of hydrogen-bond donors (Lipinski definition) is 2. The van der Waals surface area contributed by atoms with Crippen LogP contribution in [0.25, 0.3) is 21.8 Å². The van der Waals surface area contributed by atoms with E-state index in [0.29, 0.717) is 50.1 Å². The van der Waals surface area contributed by atoms with Crippen molar-refractivity contribution in [3.05, 3.63) is 99.8 Å². The van der Waals surface area contributed by atoms with Gasteiger partial charge in [-0.1, -0.05) is 17.7 Å². The third-order valence-electron chi connectivity index (χ3n) is 6.06. The highest BCUT2D eigenvalue weighted by Crippen LogP contribution is 2.27. The first-order valence-corrected chi connectivity index (χ1v) is 13.6. The first-order valence-electron chi connectivity index (χ1n) is 11.4. The second-order valence-corrected chi connectivity index (χ2v) is 11.3. The molecule has 0 spiro atoms. The summed E-state index contributed by atoms with van der Waals surface area (Å²) in [6.45, 7) is 1.79. The summed E-state index contributed by atoms with van der Waals surface area (Å²) in [5.74, 6) is -0.845. The van der Waals surface area contributed by atoms with Gasteiger partial charge in [-0.25, -0.2) is 12.8 Å². The maximum Gasteiger partial charge on any atom is 0.251 e. The Morgan fingerprint density at radius 3 is 2.73 bits per heavy atom. The van der Waals surface area contributed by atoms with E-state index in [1.165, 1.54) is 12.3 Å². The number of pyridine rings is 2. The second-order valence-electron chi connectivity index (χ2n) is 8.91. The standard InChI is InChI=1S/C27H22ClFN4O3S/c1-15-3-4-17-7-16(9-25(26(17)33-15)37(2,35)36)8-20-10-18(5-6-30-20)27(34)32-13-19-11-21-22(28)14-31-24(21)12-23(19)29/h3-7,9-12,14,31H,8,13H2,1-2H3,(H,32,34). The van der Waals surface area contributed by atoms with E-state index in [2.05, 4.69) is 20.3 Å². The molecule has 0 aliphatic carbocycles. The van der Waals surface area contributed by atoms with Gasteiger partial charge < -0.3 is 10.3 Å². The lowest BCUT2D eigenvalue weighted by molar-refractivity contribution is 0.0950. The number of aromatic amines is 1. The monoisotopic (exact) mass is 536 g/mol. The number of sulfone groups is 1. The zero-order valence-corrected chi connectivity index (χ0v) is 21.5. The van der Waals surface area contributed by atoms with Gasteiger partial charge in [-0.05, 0) is 55.0 Å². The van der Waals surface area contributed by atoms with Crippen molar-refractivity contribution in [3.8, 4) is 0 Å². The number of aryl methyl sites for hydroxylation is 1. The fourth-order valence-corrected chi connectivity index (χ4v) is 5.33. The number of H-pyrrole nitrogens is 1. The van der Waals surface area contributed by atoms with Gasteiger partial charge >= 0.3 is 0 Å². The average molecular weight is 537 g/mol. The van der Waals surface area contributed by atoms with Gasteiger partial charge in [0.05, 0.1) is 15.4 Å². The van der Waals surface area contributed by atoms with Crippen LogP contribution >= 0.6 is 11.6 Å². The molecule has 0 aliphatic heterocycles. The summed E-state index contributed by atoms with van der Waals surface area (Å²) in [7, 11) is -3.52. The van der Waals surface area contributed by atoms with Gasteiger partial charge in [0.2, 0.25) is 0 Å². The van der Waals surface area contributed by atoms with Gasteiger partial charge in [-0.3, -0.25) is 14.8 Å². The zero-order valence-electron chi connectivity index (χ0n) is 20.0. The fourth-order valence-electron chi connectivity index (χ4n) is 4.24. The van der Waals surface area contributed by atoms with Crippen molar-refractivity contribution in [2.24, 2.45) is 0 Å². The number of halogens is 2. The van der Waals surface area contributed by atoms with Crippen LogP contribution in [-0.2, 0) is 22.8 Å². The molecule has 0 bridgehead atoms. The fraction of sp³-hybridized carbons (Fsp3) is 0.148. The zero-order chi connectivity index (χ0) is 26.3. The number of hydrogen-bond acceptors (Lipinski definition) is 5. The van der Waals surface area contributed by atoms with E-state index in [0.717, 1.165) is 17.5 Å². The molecule has 188 valence electrons. The van der Waals surface area contributed by atoms with Crippen LogP contribution in [-0.4, -0.2) is 35.5 Å². The highest BCUT2D eigenvalue weighted by molar-refractivity contribution is 7.91. The Labute approximate surface area is 217 Å². The molecule has 2 N–H and O–H groups in total. The van der Waals surface area contributed by atoms with E-state index >= 15 is 0 Å². The summed E-state index contributed by atoms with van der Waals surface area (Å²) < 4.78 is 39.4. The molecule has 3 heterocycles. The van der Waals surface area contributed by atoms with Crippen LogP contribution in [0.15, 0.2) is 65.8 Å². The van der Waals surface area contributed by atoms with Gasteiger partial charge in [0, 0.05) is 70.4 Å². The van der Waals surface area contributed by atoms with Gasteiger partial charge in [-0.2, -0.15) is 0 Å². The number of nitrogens with one attached hydrogen (secondary N) is 2. The molecule has 1 amide bonds. The number of nitrogens with zero attached hydrogens (tertiary/aromatic N) is 2. The van der Waals surface area contributed by atoms with Crippen LogP contribution in [0.5, 0.6) is 0 Å². The molecule has 37 heavy (non-hydrogen) atoms. The number of carbonyl (C=O) groups excluding carboxylic acids is 1.